The van der Waals surface area contributed by atoms with Crippen LogP contribution in [0.2, 0.25) is 0 Å². The van der Waals surface area contributed by atoms with Crippen molar-refractivity contribution in [3.8, 4) is 0 Å². The van der Waals surface area contributed by atoms with Crippen molar-refractivity contribution in [2.24, 2.45) is 5.73 Å². The lowest BCUT2D eigenvalue weighted by atomic mass is 10.2. The van der Waals surface area contributed by atoms with E-state index in [-0.39, 0.29) is 12.2 Å². The quantitative estimate of drug-likeness (QED) is 0.872. The molecule has 1 aromatic rings. The second-order valence-corrected chi connectivity index (χ2v) is 4.56. The molecular formula is C14H20N2O3. The summed E-state index contributed by atoms with van der Waals surface area (Å²) in [7, 11) is 0. The summed E-state index contributed by atoms with van der Waals surface area (Å²) in [6.45, 7) is 2.63. The van der Waals surface area contributed by atoms with Gasteiger partial charge in [-0.05, 0) is 12.0 Å². The summed E-state index contributed by atoms with van der Waals surface area (Å²) >= 11 is 0. The zero-order valence-corrected chi connectivity index (χ0v) is 11.0. The van der Waals surface area contributed by atoms with Crippen molar-refractivity contribution in [1.82, 2.24) is 4.90 Å². The van der Waals surface area contributed by atoms with Crippen molar-refractivity contribution in [3.05, 3.63) is 35.9 Å². The first-order valence-electron chi connectivity index (χ1n) is 6.57. The second kappa shape index (κ2) is 7.11. The molecule has 2 N–H and O–H groups in total. The zero-order valence-electron chi connectivity index (χ0n) is 11.0. The van der Waals surface area contributed by atoms with E-state index < -0.39 is 0 Å². The first kappa shape index (κ1) is 13.8. The van der Waals surface area contributed by atoms with Gasteiger partial charge in [-0.25, -0.2) is 4.79 Å². The van der Waals surface area contributed by atoms with Gasteiger partial charge in [0.15, 0.2) is 0 Å². The zero-order chi connectivity index (χ0) is 13.5. The van der Waals surface area contributed by atoms with Crippen LogP contribution in [0.25, 0.3) is 0 Å². The summed E-state index contributed by atoms with van der Waals surface area (Å²) in [5.41, 5.74) is 6.37. The third-order valence-electron chi connectivity index (χ3n) is 3.08. The molecule has 0 unspecified atom stereocenters. The number of hydrogen-bond donors (Lipinski definition) is 1. The van der Waals surface area contributed by atoms with Crippen LogP contribution in [0.4, 0.5) is 4.79 Å². The van der Waals surface area contributed by atoms with E-state index in [0.717, 1.165) is 12.0 Å². The third-order valence-corrected chi connectivity index (χ3v) is 3.08. The molecule has 1 aromatic carbocycles. The molecule has 1 aliphatic heterocycles. The molecule has 1 amide bonds. The third kappa shape index (κ3) is 4.22. The fourth-order valence-corrected chi connectivity index (χ4v) is 2.08. The molecular weight excluding hydrogens is 244 g/mol. The molecule has 0 bridgehead atoms. The Morgan fingerprint density at radius 2 is 2.16 bits per heavy atom. The van der Waals surface area contributed by atoms with Crippen LogP contribution < -0.4 is 5.73 Å². The van der Waals surface area contributed by atoms with E-state index in [9.17, 15) is 4.79 Å². The highest BCUT2D eigenvalue weighted by Crippen LogP contribution is 2.14. The van der Waals surface area contributed by atoms with Crippen LogP contribution in [0, 0.1) is 0 Å². The summed E-state index contributed by atoms with van der Waals surface area (Å²) in [6, 6.07) is 9.66. The van der Waals surface area contributed by atoms with Gasteiger partial charge in [-0.1, -0.05) is 30.3 Å². The number of rotatable bonds is 5. The Hall–Kier alpha value is -1.59. The Morgan fingerprint density at radius 1 is 1.37 bits per heavy atom. The molecule has 5 nitrogen and oxygen atoms in total. The van der Waals surface area contributed by atoms with Gasteiger partial charge in [0, 0.05) is 13.1 Å². The number of benzene rings is 1. The number of ether oxygens (including phenoxy) is 2. The largest absolute Gasteiger partial charge is 0.445 e. The monoisotopic (exact) mass is 264 g/mol. The molecule has 104 valence electrons. The molecule has 19 heavy (non-hydrogen) atoms. The first-order chi connectivity index (χ1) is 9.29. The molecule has 0 radical (unpaired) electrons. The number of nitrogens with two attached hydrogens (primary N) is 1. The highest BCUT2D eigenvalue weighted by Gasteiger charge is 2.27. The molecule has 0 saturated carbocycles. The number of nitrogens with zero attached hydrogens (tertiary/aromatic N) is 1. The summed E-state index contributed by atoms with van der Waals surface area (Å²) in [4.78, 5) is 13.5. The van der Waals surface area contributed by atoms with E-state index in [0.29, 0.717) is 32.8 Å². The lowest BCUT2D eigenvalue weighted by Crippen LogP contribution is -2.31. The van der Waals surface area contributed by atoms with Crippen molar-refractivity contribution in [2.45, 2.75) is 19.1 Å². The average molecular weight is 264 g/mol. The van der Waals surface area contributed by atoms with E-state index in [2.05, 4.69) is 0 Å². The fourth-order valence-electron chi connectivity index (χ4n) is 2.08. The van der Waals surface area contributed by atoms with Gasteiger partial charge in [0.2, 0.25) is 0 Å². The van der Waals surface area contributed by atoms with Gasteiger partial charge in [0.25, 0.3) is 0 Å². The van der Waals surface area contributed by atoms with Gasteiger partial charge in [-0.2, -0.15) is 0 Å². The predicted octanol–water partition coefficient (Wildman–Crippen LogP) is 1.37. The van der Waals surface area contributed by atoms with E-state index in [1.54, 1.807) is 4.90 Å². The van der Waals surface area contributed by atoms with Gasteiger partial charge in [0.1, 0.15) is 6.61 Å². The maximum Gasteiger partial charge on any atom is 0.410 e. The second-order valence-electron chi connectivity index (χ2n) is 4.56. The molecule has 1 heterocycles. The van der Waals surface area contributed by atoms with E-state index in [1.165, 1.54) is 0 Å². The number of hydrogen-bond acceptors (Lipinski definition) is 4. The van der Waals surface area contributed by atoms with Gasteiger partial charge < -0.3 is 20.1 Å². The standard InChI is InChI=1S/C14H20N2O3/c15-7-9-18-13-6-8-16(10-13)14(17)19-11-12-4-2-1-3-5-12/h1-5,13H,6-11,15H2/t13-/m0/s1. The minimum absolute atomic E-state index is 0.0906. The molecule has 1 atom stereocenters. The van der Waals surface area contributed by atoms with Crippen LogP contribution in [0.15, 0.2) is 30.3 Å². The van der Waals surface area contributed by atoms with E-state index in [1.807, 2.05) is 30.3 Å². The SMILES string of the molecule is NCCO[C@H]1CCN(C(=O)OCc2ccccc2)C1. The Labute approximate surface area is 113 Å². The van der Waals surface area contributed by atoms with Crippen molar-refractivity contribution in [2.75, 3.05) is 26.2 Å². The minimum Gasteiger partial charge on any atom is -0.445 e. The van der Waals surface area contributed by atoms with Gasteiger partial charge >= 0.3 is 6.09 Å². The van der Waals surface area contributed by atoms with Gasteiger partial charge in [-0.3, -0.25) is 0 Å². The maximum absolute atomic E-state index is 11.9. The summed E-state index contributed by atoms with van der Waals surface area (Å²) < 4.78 is 10.8. The van der Waals surface area contributed by atoms with Crippen molar-refractivity contribution in [1.29, 1.82) is 0 Å². The topological polar surface area (TPSA) is 64.8 Å². The van der Waals surface area contributed by atoms with E-state index >= 15 is 0 Å². The minimum atomic E-state index is -0.275. The molecule has 1 saturated heterocycles. The van der Waals surface area contributed by atoms with Crippen LogP contribution in [0.1, 0.15) is 12.0 Å². The molecule has 0 spiro atoms. The highest BCUT2D eigenvalue weighted by molar-refractivity contribution is 5.68. The van der Waals surface area contributed by atoms with E-state index in [4.69, 9.17) is 15.2 Å². The molecule has 1 fully saturated rings. The maximum atomic E-state index is 11.9. The summed E-state index contributed by atoms with van der Waals surface area (Å²) in [5.74, 6) is 0. The number of likely N-dealkylation sites (tertiary alicyclic amines) is 1. The summed E-state index contributed by atoms with van der Waals surface area (Å²) in [6.07, 6.45) is 0.663. The molecule has 2 rings (SSSR count). The fraction of sp³-hybridized carbons (Fsp3) is 0.500. The van der Waals surface area contributed by atoms with Crippen LogP contribution in [0.3, 0.4) is 0 Å². The van der Waals surface area contributed by atoms with Crippen LogP contribution >= 0.6 is 0 Å². The Balaban J connectivity index is 1.72. The lowest BCUT2D eigenvalue weighted by molar-refractivity contribution is 0.0585. The van der Waals surface area contributed by atoms with Gasteiger partial charge in [0.05, 0.1) is 19.3 Å². The van der Waals surface area contributed by atoms with Gasteiger partial charge in [-0.15, -0.1) is 0 Å². The Morgan fingerprint density at radius 3 is 2.89 bits per heavy atom. The number of carbonyl (C=O) groups excluding carboxylic acids is 1. The van der Waals surface area contributed by atoms with Crippen molar-refractivity contribution >= 4 is 6.09 Å². The number of amides is 1. The summed E-state index contributed by atoms with van der Waals surface area (Å²) in [5, 5.41) is 0. The first-order valence-corrected chi connectivity index (χ1v) is 6.57. The lowest BCUT2D eigenvalue weighted by Gasteiger charge is -2.16. The predicted molar refractivity (Wildman–Crippen MR) is 71.6 cm³/mol. The van der Waals surface area contributed by atoms with Crippen LogP contribution in [0.5, 0.6) is 0 Å². The van der Waals surface area contributed by atoms with Crippen molar-refractivity contribution < 1.29 is 14.3 Å². The molecule has 5 heteroatoms. The van der Waals surface area contributed by atoms with Crippen LogP contribution in [-0.4, -0.2) is 43.3 Å². The molecule has 1 aliphatic rings. The highest BCUT2D eigenvalue weighted by atomic mass is 16.6. The smallest absolute Gasteiger partial charge is 0.410 e. The number of carbonyl (C=O) groups is 1. The Kier molecular flexibility index (Phi) is 5.18. The van der Waals surface area contributed by atoms with Crippen molar-refractivity contribution in [3.63, 3.8) is 0 Å². The normalized spacial score (nSPS) is 18.6. The van der Waals surface area contributed by atoms with Crippen LogP contribution in [-0.2, 0) is 16.1 Å². The molecule has 0 aliphatic carbocycles. The Bertz CT molecular complexity index is 397. The molecule has 0 aromatic heterocycles. The average Bonchev–Trinajstić information content (AvgIpc) is 2.92.